The van der Waals surface area contributed by atoms with E-state index in [4.69, 9.17) is 0 Å². The third kappa shape index (κ3) is 4.41. The molecule has 0 saturated carbocycles. The van der Waals surface area contributed by atoms with Crippen molar-refractivity contribution in [1.82, 2.24) is 10.2 Å². The lowest BCUT2D eigenvalue weighted by atomic mass is 10.1. The van der Waals surface area contributed by atoms with Crippen LogP contribution in [0.2, 0.25) is 0 Å². The van der Waals surface area contributed by atoms with Crippen molar-refractivity contribution in [2.24, 2.45) is 0 Å². The van der Waals surface area contributed by atoms with Crippen molar-refractivity contribution in [2.75, 3.05) is 26.1 Å². The lowest BCUT2D eigenvalue weighted by Crippen LogP contribution is -2.24. The second-order valence-corrected chi connectivity index (χ2v) is 4.97. The van der Waals surface area contributed by atoms with Crippen LogP contribution in [0.5, 0.6) is 0 Å². The average molecular weight is 266 g/mol. The molecule has 1 rings (SSSR count). The number of carbonyl (C=O) groups is 2. The topological polar surface area (TPSA) is 49.4 Å². The number of carbonyl (C=O) groups excluding carboxylic acids is 2. The molecule has 0 bridgehead atoms. The minimum absolute atomic E-state index is 0.0204. The maximum Gasteiger partial charge on any atom is 0.253 e. The van der Waals surface area contributed by atoms with Crippen molar-refractivity contribution in [1.29, 1.82) is 0 Å². The van der Waals surface area contributed by atoms with E-state index < -0.39 is 0 Å². The summed E-state index contributed by atoms with van der Waals surface area (Å²) in [5.74, 6) is 0.473. The lowest BCUT2D eigenvalue weighted by molar-refractivity contribution is -0.118. The van der Waals surface area contributed by atoms with E-state index in [1.165, 1.54) is 16.7 Å². The van der Waals surface area contributed by atoms with Crippen LogP contribution in [0, 0.1) is 0 Å². The molecule has 0 fully saturated rings. The van der Waals surface area contributed by atoms with E-state index >= 15 is 0 Å². The molecule has 0 unspecified atom stereocenters. The van der Waals surface area contributed by atoms with Crippen molar-refractivity contribution in [3.8, 4) is 0 Å². The monoisotopic (exact) mass is 266 g/mol. The predicted octanol–water partition coefficient (Wildman–Crippen LogP) is 1.37. The highest BCUT2D eigenvalue weighted by Crippen LogP contribution is 2.06. The van der Waals surface area contributed by atoms with Gasteiger partial charge in [0.05, 0.1) is 5.75 Å². The Bertz CT molecular complexity index is 416. The molecule has 1 N–H and O–H groups in total. The van der Waals surface area contributed by atoms with Gasteiger partial charge in [0.25, 0.3) is 5.91 Å². The summed E-state index contributed by atoms with van der Waals surface area (Å²) in [5.41, 5.74) is 1.64. The molecule has 0 spiro atoms. The van der Waals surface area contributed by atoms with Gasteiger partial charge >= 0.3 is 0 Å². The smallest absolute Gasteiger partial charge is 0.253 e. The zero-order valence-corrected chi connectivity index (χ0v) is 11.7. The third-order valence-electron chi connectivity index (χ3n) is 2.37. The Labute approximate surface area is 112 Å². The second-order valence-electron chi connectivity index (χ2n) is 4.11. The fourth-order valence-electron chi connectivity index (χ4n) is 1.41. The van der Waals surface area contributed by atoms with Crippen LogP contribution in [0.15, 0.2) is 24.3 Å². The highest BCUT2D eigenvalue weighted by Gasteiger charge is 2.07. The first-order valence-electron chi connectivity index (χ1n) is 5.61. The molecular formula is C13H18N2O2S. The normalized spacial score (nSPS) is 9.94. The van der Waals surface area contributed by atoms with Crippen molar-refractivity contribution in [3.05, 3.63) is 35.4 Å². The largest absolute Gasteiger partial charge is 0.351 e. The molecule has 0 aliphatic heterocycles. The zero-order chi connectivity index (χ0) is 13.5. The number of hydrogen-bond donors (Lipinski definition) is 1. The first kappa shape index (κ1) is 14.6. The van der Waals surface area contributed by atoms with E-state index in [0.717, 1.165) is 5.56 Å². The van der Waals surface area contributed by atoms with Crippen LogP contribution in [0.4, 0.5) is 0 Å². The zero-order valence-electron chi connectivity index (χ0n) is 10.9. The number of benzene rings is 1. The van der Waals surface area contributed by atoms with Gasteiger partial charge in [0, 0.05) is 26.2 Å². The summed E-state index contributed by atoms with van der Waals surface area (Å²) < 4.78 is 0. The average Bonchev–Trinajstić information content (AvgIpc) is 2.36. The van der Waals surface area contributed by atoms with Gasteiger partial charge in [0.15, 0.2) is 0 Å². The van der Waals surface area contributed by atoms with Crippen LogP contribution in [-0.4, -0.2) is 42.8 Å². The first-order chi connectivity index (χ1) is 8.54. The van der Waals surface area contributed by atoms with Gasteiger partial charge in [-0.1, -0.05) is 12.1 Å². The first-order valence-corrected chi connectivity index (χ1v) is 7.00. The molecule has 2 amide bonds. The summed E-state index contributed by atoms with van der Waals surface area (Å²) in [5, 5.41) is 2.82. The number of nitrogens with zero attached hydrogens (tertiary/aromatic N) is 1. The molecule has 0 atom stereocenters. The third-order valence-corrected chi connectivity index (χ3v) is 2.92. The fraction of sp³-hybridized carbons (Fsp3) is 0.385. The van der Waals surface area contributed by atoms with E-state index in [1.807, 2.05) is 18.4 Å². The van der Waals surface area contributed by atoms with E-state index in [2.05, 4.69) is 5.32 Å². The fourth-order valence-corrected chi connectivity index (χ4v) is 1.77. The molecule has 0 radical (unpaired) electrons. The van der Waals surface area contributed by atoms with Gasteiger partial charge in [-0.2, -0.15) is 11.8 Å². The van der Waals surface area contributed by atoms with Crippen LogP contribution in [0.1, 0.15) is 15.9 Å². The van der Waals surface area contributed by atoms with Gasteiger partial charge in [-0.05, 0) is 24.0 Å². The Morgan fingerprint density at radius 2 is 1.83 bits per heavy atom. The number of hydrogen-bond acceptors (Lipinski definition) is 3. The number of nitrogens with one attached hydrogen (secondary N) is 1. The van der Waals surface area contributed by atoms with Crippen LogP contribution in [0.3, 0.4) is 0 Å². The molecule has 5 heteroatoms. The van der Waals surface area contributed by atoms with Gasteiger partial charge in [0.2, 0.25) is 5.91 Å². The summed E-state index contributed by atoms with van der Waals surface area (Å²) in [6.07, 6.45) is 1.89. The van der Waals surface area contributed by atoms with E-state index in [-0.39, 0.29) is 11.8 Å². The molecule has 1 aromatic carbocycles. The molecule has 18 heavy (non-hydrogen) atoms. The van der Waals surface area contributed by atoms with E-state index in [0.29, 0.717) is 17.9 Å². The van der Waals surface area contributed by atoms with Crippen molar-refractivity contribution < 1.29 is 9.59 Å². The molecule has 4 nitrogen and oxygen atoms in total. The summed E-state index contributed by atoms with van der Waals surface area (Å²) >= 11 is 1.49. The van der Waals surface area contributed by atoms with Crippen molar-refractivity contribution >= 4 is 23.6 Å². The second kappa shape index (κ2) is 7.06. The van der Waals surface area contributed by atoms with Crippen molar-refractivity contribution in [3.63, 3.8) is 0 Å². The Hall–Kier alpha value is -1.49. The molecule has 0 aliphatic rings. The summed E-state index contributed by atoms with van der Waals surface area (Å²) in [6.45, 7) is 0.496. The van der Waals surface area contributed by atoms with Crippen LogP contribution >= 0.6 is 11.8 Å². The molecule has 0 aromatic heterocycles. The summed E-state index contributed by atoms with van der Waals surface area (Å²) in [4.78, 5) is 24.5. The number of thioether (sulfide) groups is 1. The van der Waals surface area contributed by atoms with Gasteiger partial charge < -0.3 is 10.2 Å². The van der Waals surface area contributed by atoms with Crippen LogP contribution < -0.4 is 5.32 Å². The molecular weight excluding hydrogens is 248 g/mol. The lowest BCUT2D eigenvalue weighted by Gasteiger charge is -2.10. The Morgan fingerprint density at radius 3 is 2.33 bits per heavy atom. The molecule has 0 saturated heterocycles. The SMILES string of the molecule is CSCC(=O)NCc1ccc(C(=O)N(C)C)cc1. The van der Waals surface area contributed by atoms with Gasteiger partial charge in [-0.15, -0.1) is 0 Å². The quantitative estimate of drug-likeness (QED) is 0.875. The predicted molar refractivity (Wildman–Crippen MR) is 74.7 cm³/mol. The van der Waals surface area contributed by atoms with Crippen LogP contribution in [0.25, 0.3) is 0 Å². The molecule has 1 aromatic rings. The highest BCUT2D eigenvalue weighted by molar-refractivity contribution is 7.99. The Kier molecular flexibility index (Phi) is 5.71. The van der Waals surface area contributed by atoms with E-state index in [1.54, 1.807) is 26.2 Å². The van der Waals surface area contributed by atoms with Gasteiger partial charge in [-0.25, -0.2) is 0 Å². The van der Waals surface area contributed by atoms with E-state index in [9.17, 15) is 9.59 Å². The Morgan fingerprint density at radius 1 is 1.22 bits per heavy atom. The van der Waals surface area contributed by atoms with Crippen LogP contribution in [-0.2, 0) is 11.3 Å². The highest BCUT2D eigenvalue weighted by atomic mass is 32.2. The molecule has 0 heterocycles. The minimum atomic E-state index is -0.0204. The van der Waals surface area contributed by atoms with Gasteiger partial charge in [0.1, 0.15) is 0 Å². The maximum absolute atomic E-state index is 11.7. The maximum atomic E-state index is 11.7. The standard InChI is InChI=1S/C13H18N2O2S/c1-15(2)13(17)11-6-4-10(5-7-11)8-14-12(16)9-18-3/h4-7H,8-9H2,1-3H3,(H,14,16). The van der Waals surface area contributed by atoms with Crippen molar-refractivity contribution in [2.45, 2.75) is 6.54 Å². The number of amides is 2. The summed E-state index contributed by atoms with van der Waals surface area (Å²) in [6, 6.07) is 7.27. The molecule has 0 aliphatic carbocycles. The summed E-state index contributed by atoms with van der Waals surface area (Å²) in [7, 11) is 3.44. The molecule has 98 valence electrons. The minimum Gasteiger partial charge on any atom is -0.351 e. The number of rotatable bonds is 5. The van der Waals surface area contributed by atoms with Gasteiger partial charge in [-0.3, -0.25) is 9.59 Å². The Balaban J connectivity index is 2.55.